The third kappa shape index (κ3) is 3.30. The van der Waals surface area contributed by atoms with E-state index in [0.717, 1.165) is 15.6 Å². The van der Waals surface area contributed by atoms with E-state index in [0.29, 0.717) is 5.92 Å². The van der Waals surface area contributed by atoms with Gasteiger partial charge in [-0.15, -0.1) is 11.3 Å². The second-order valence-corrected chi connectivity index (χ2v) is 6.36. The molecule has 1 N–H and O–H groups in total. The second kappa shape index (κ2) is 4.53. The molecule has 0 aliphatic rings. The minimum atomic E-state index is -0.203. The SMILES string of the molecule is Cc1nc(C(C)C)sc1C(=O)NC(C)(C)C. The lowest BCUT2D eigenvalue weighted by Crippen LogP contribution is -2.40. The van der Waals surface area contributed by atoms with Gasteiger partial charge < -0.3 is 5.32 Å². The molecule has 1 aromatic heterocycles. The zero-order valence-corrected chi connectivity index (χ0v) is 11.7. The summed E-state index contributed by atoms with van der Waals surface area (Å²) in [6.45, 7) is 12.0. The van der Waals surface area contributed by atoms with Gasteiger partial charge in [0.15, 0.2) is 0 Å². The fraction of sp³-hybridized carbons (Fsp3) is 0.667. The van der Waals surface area contributed by atoms with Crippen LogP contribution in [-0.4, -0.2) is 16.4 Å². The van der Waals surface area contributed by atoms with Crippen molar-refractivity contribution in [1.82, 2.24) is 10.3 Å². The summed E-state index contributed by atoms with van der Waals surface area (Å²) in [5.74, 6) is 0.356. The number of amides is 1. The molecule has 0 atom stereocenters. The van der Waals surface area contributed by atoms with E-state index in [-0.39, 0.29) is 11.4 Å². The molecule has 0 aliphatic heterocycles. The Morgan fingerprint density at radius 2 is 1.94 bits per heavy atom. The van der Waals surface area contributed by atoms with E-state index in [1.54, 1.807) is 0 Å². The lowest BCUT2D eigenvalue weighted by molar-refractivity contribution is 0.0923. The van der Waals surface area contributed by atoms with Gasteiger partial charge in [-0.3, -0.25) is 4.79 Å². The zero-order valence-electron chi connectivity index (χ0n) is 10.8. The van der Waals surface area contributed by atoms with Gasteiger partial charge in [0.25, 0.3) is 5.91 Å². The maximum atomic E-state index is 12.0. The molecule has 1 heterocycles. The topological polar surface area (TPSA) is 42.0 Å². The lowest BCUT2D eigenvalue weighted by Gasteiger charge is -2.19. The maximum Gasteiger partial charge on any atom is 0.263 e. The standard InChI is InChI=1S/C12H20N2OS/c1-7(2)11-13-8(3)9(16-11)10(15)14-12(4,5)6/h7H,1-6H3,(H,14,15). The van der Waals surface area contributed by atoms with Crippen molar-refractivity contribution < 1.29 is 4.79 Å². The summed E-state index contributed by atoms with van der Waals surface area (Å²) >= 11 is 1.49. The quantitative estimate of drug-likeness (QED) is 0.863. The second-order valence-electron chi connectivity index (χ2n) is 5.33. The van der Waals surface area contributed by atoms with Crippen molar-refractivity contribution in [3.05, 3.63) is 15.6 Å². The van der Waals surface area contributed by atoms with Crippen molar-refractivity contribution in [3.63, 3.8) is 0 Å². The first-order chi connectivity index (χ1) is 7.20. The third-order valence-corrected chi connectivity index (χ3v) is 3.46. The van der Waals surface area contributed by atoms with E-state index in [9.17, 15) is 4.79 Å². The van der Waals surface area contributed by atoms with Gasteiger partial charge in [0.1, 0.15) is 4.88 Å². The van der Waals surface area contributed by atoms with Crippen LogP contribution in [0, 0.1) is 6.92 Å². The van der Waals surface area contributed by atoms with Gasteiger partial charge in [-0.2, -0.15) is 0 Å². The number of rotatable bonds is 2. The molecule has 0 saturated carbocycles. The number of hydrogen-bond acceptors (Lipinski definition) is 3. The maximum absolute atomic E-state index is 12.0. The van der Waals surface area contributed by atoms with Gasteiger partial charge in [0.05, 0.1) is 10.7 Å². The lowest BCUT2D eigenvalue weighted by atomic mass is 10.1. The van der Waals surface area contributed by atoms with Crippen LogP contribution in [0.2, 0.25) is 0 Å². The van der Waals surface area contributed by atoms with Crippen LogP contribution >= 0.6 is 11.3 Å². The van der Waals surface area contributed by atoms with Gasteiger partial charge in [0, 0.05) is 11.5 Å². The van der Waals surface area contributed by atoms with Crippen LogP contribution in [0.5, 0.6) is 0 Å². The van der Waals surface area contributed by atoms with E-state index in [1.165, 1.54) is 11.3 Å². The Morgan fingerprint density at radius 1 is 1.38 bits per heavy atom. The molecule has 0 saturated heterocycles. The summed E-state index contributed by atoms with van der Waals surface area (Å²) in [4.78, 5) is 17.1. The number of hydrogen-bond donors (Lipinski definition) is 1. The smallest absolute Gasteiger partial charge is 0.263 e. The Labute approximate surface area is 101 Å². The molecular formula is C12H20N2OS. The molecule has 0 aromatic carbocycles. The summed E-state index contributed by atoms with van der Waals surface area (Å²) in [6, 6.07) is 0. The molecule has 0 fully saturated rings. The Morgan fingerprint density at radius 3 is 2.31 bits per heavy atom. The Hall–Kier alpha value is -0.900. The van der Waals surface area contributed by atoms with Crippen LogP contribution in [-0.2, 0) is 0 Å². The average molecular weight is 240 g/mol. The summed E-state index contributed by atoms with van der Waals surface area (Å²) < 4.78 is 0. The van der Waals surface area contributed by atoms with Crippen molar-refractivity contribution in [1.29, 1.82) is 0 Å². The first-order valence-electron chi connectivity index (χ1n) is 5.50. The number of aromatic nitrogens is 1. The van der Waals surface area contributed by atoms with Crippen LogP contribution < -0.4 is 5.32 Å². The summed E-state index contributed by atoms with van der Waals surface area (Å²) in [5.41, 5.74) is 0.626. The van der Waals surface area contributed by atoms with Crippen LogP contribution in [0.1, 0.15) is 60.9 Å². The van der Waals surface area contributed by atoms with Crippen molar-refractivity contribution in [3.8, 4) is 0 Å². The monoisotopic (exact) mass is 240 g/mol. The summed E-state index contributed by atoms with van der Waals surface area (Å²) in [7, 11) is 0. The zero-order chi connectivity index (χ0) is 12.5. The fourth-order valence-electron chi connectivity index (χ4n) is 1.27. The van der Waals surface area contributed by atoms with Crippen LogP contribution in [0.15, 0.2) is 0 Å². The molecule has 0 radical (unpaired) electrons. The average Bonchev–Trinajstić information content (AvgIpc) is 2.44. The summed E-state index contributed by atoms with van der Waals surface area (Å²) in [6.07, 6.45) is 0. The third-order valence-electron chi connectivity index (χ3n) is 2.00. The normalized spacial score (nSPS) is 11.9. The molecule has 0 bridgehead atoms. The van der Waals surface area contributed by atoms with Crippen molar-refractivity contribution in [2.24, 2.45) is 0 Å². The molecule has 3 nitrogen and oxygen atoms in total. The first kappa shape index (κ1) is 13.2. The van der Waals surface area contributed by atoms with E-state index < -0.39 is 0 Å². The largest absolute Gasteiger partial charge is 0.347 e. The molecule has 0 spiro atoms. The molecule has 4 heteroatoms. The van der Waals surface area contributed by atoms with Crippen molar-refractivity contribution in [2.45, 2.75) is 53.0 Å². The molecule has 1 amide bonds. The van der Waals surface area contributed by atoms with Crippen molar-refractivity contribution in [2.75, 3.05) is 0 Å². The number of nitrogens with zero attached hydrogens (tertiary/aromatic N) is 1. The fourth-order valence-corrected chi connectivity index (χ4v) is 2.24. The highest BCUT2D eigenvalue weighted by atomic mass is 32.1. The highest BCUT2D eigenvalue weighted by Gasteiger charge is 2.20. The van der Waals surface area contributed by atoms with E-state index in [4.69, 9.17) is 0 Å². The van der Waals surface area contributed by atoms with Gasteiger partial charge in [-0.05, 0) is 27.7 Å². The van der Waals surface area contributed by atoms with Gasteiger partial charge >= 0.3 is 0 Å². The van der Waals surface area contributed by atoms with Gasteiger partial charge in [-0.25, -0.2) is 4.98 Å². The highest BCUT2D eigenvalue weighted by molar-refractivity contribution is 7.13. The molecule has 0 aliphatic carbocycles. The Balaban J connectivity index is 2.92. The number of carbonyl (C=O) groups excluding carboxylic acids is 1. The number of nitrogens with one attached hydrogen (secondary N) is 1. The number of aryl methyl sites for hydroxylation is 1. The summed E-state index contributed by atoms with van der Waals surface area (Å²) in [5, 5.41) is 3.98. The van der Waals surface area contributed by atoms with Crippen LogP contribution in [0.3, 0.4) is 0 Å². The highest BCUT2D eigenvalue weighted by Crippen LogP contribution is 2.24. The first-order valence-corrected chi connectivity index (χ1v) is 6.32. The van der Waals surface area contributed by atoms with E-state index >= 15 is 0 Å². The molecule has 0 unspecified atom stereocenters. The predicted octanol–water partition coefficient (Wildman–Crippen LogP) is 3.10. The van der Waals surface area contributed by atoms with Gasteiger partial charge in [0.2, 0.25) is 0 Å². The molecule has 16 heavy (non-hydrogen) atoms. The number of thiazole rings is 1. The van der Waals surface area contributed by atoms with E-state index in [2.05, 4.69) is 24.1 Å². The molecule has 1 aromatic rings. The number of carbonyl (C=O) groups is 1. The van der Waals surface area contributed by atoms with Crippen LogP contribution in [0.4, 0.5) is 0 Å². The Bertz CT molecular complexity index is 388. The van der Waals surface area contributed by atoms with Crippen LogP contribution in [0.25, 0.3) is 0 Å². The van der Waals surface area contributed by atoms with Gasteiger partial charge in [-0.1, -0.05) is 13.8 Å². The molecular weight excluding hydrogens is 220 g/mol. The predicted molar refractivity (Wildman–Crippen MR) is 68.2 cm³/mol. The molecule has 1 rings (SSSR count). The van der Waals surface area contributed by atoms with E-state index in [1.807, 2.05) is 27.7 Å². The minimum Gasteiger partial charge on any atom is -0.347 e. The Kier molecular flexibility index (Phi) is 3.73. The minimum absolute atomic E-state index is 0.0191. The van der Waals surface area contributed by atoms with Crippen molar-refractivity contribution >= 4 is 17.2 Å². The molecule has 90 valence electrons.